The van der Waals surface area contributed by atoms with Crippen LogP contribution in [0.2, 0.25) is 0 Å². The molecule has 0 unspecified atom stereocenters. The van der Waals surface area contributed by atoms with Crippen LogP contribution in [0.25, 0.3) is 22.6 Å². The number of esters is 1. The minimum Gasteiger partial charge on any atom is -0.468 e. The molecule has 2 aromatic heterocycles. The van der Waals surface area contributed by atoms with Gasteiger partial charge in [0.2, 0.25) is 0 Å². The molecule has 206 valence electrons. The Morgan fingerprint density at radius 3 is 2.40 bits per heavy atom. The van der Waals surface area contributed by atoms with E-state index in [1.54, 1.807) is 38.1 Å². The summed E-state index contributed by atoms with van der Waals surface area (Å²) in [4.78, 5) is 25.4. The number of rotatable bonds is 6. The van der Waals surface area contributed by atoms with Gasteiger partial charge >= 0.3 is 12.1 Å². The van der Waals surface area contributed by atoms with Gasteiger partial charge in [-0.3, -0.25) is 14.2 Å². The Balaban J connectivity index is 1.89. The van der Waals surface area contributed by atoms with Gasteiger partial charge in [-0.25, -0.2) is 8.78 Å². The van der Waals surface area contributed by atoms with E-state index in [0.29, 0.717) is 28.8 Å². The van der Waals surface area contributed by atoms with Crippen molar-refractivity contribution in [2.75, 3.05) is 7.11 Å². The van der Waals surface area contributed by atoms with Crippen molar-refractivity contribution in [2.24, 2.45) is 0 Å². The molecule has 0 aliphatic heterocycles. The Bertz CT molecular complexity index is 1710. The number of hydrogen-bond donors (Lipinski definition) is 0. The topological polar surface area (TPSA) is 85.2 Å². The van der Waals surface area contributed by atoms with Crippen LogP contribution in [0, 0.1) is 23.0 Å². The van der Waals surface area contributed by atoms with Crippen LogP contribution in [0.3, 0.4) is 0 Å². The lowest BCUT2D eigenvalue weighted by Gasteiger charge is -2.22. The molecular weight excluding hydrogens is 535 g/mol. The minimum absolute atomic E-state index is 0.178. The fourth-order valence-corrected chi connectivity index (χ4v) is 4.24. The number of nitriles is 1. The van der Waals surface area contributed by atoms with Gasteiger partial charge in [-0.15, -0.1) is 0 Å². The standard InChI is InChI=1S/C29H21F5N2O4/c1-28(2,27(38)39-3)19-6-4-5-16(9-19)18-10-25(40-15-18)24-12-22(29(32,33)34)21(13-35)26(37)36(24)14-17-7-8-20(30)11-23(17)31/h4-12,15H,14H2,1-3H3. The molecule has 6 nitrogen and oxygen atoms in total. The first kappa shape index (κ1) is 28.3. The van der Waals surface area contributed by atoms with Crippen molar-refractivity contribution < 1.29 is 35.9 Å². The summed E-state index contributed by atoms with van der Waals surface area (Å²) in [6.45, 7) is 2.73. The van der Waals surface area contributed by atoms with Crippen LogP contribution < -0.4 is 5.56 Å². The zero-order chi connectivity index (χ0) is 29.4. The molecule has 0 N–H and O–H groups in total. The Labute approximate surface area is 224 Å². The van der Waals surface area contributed by atoms with Crippen molar-refractivity contribution in [2.45, 2.75) is 32.0 Å². The molecule has 40 heavy (non-hydrogen) atoms. The molecule has 2 heterocycles. The average molecular weight is 556 g/mol. The smallest absolute Gasteiger partial charge is 0.417 e. The Morgan fingerprint density at radius 2 is 1.77 bits per heavy atom. The summed E-state index contributed by atoms with van der Waals surface area (Å²) in [5.41, 5.74) is -4.01. The quantitative estimate of drug-likeness (QED) is 0.202. The monoisotopic (exact) mass is 556 g/mol. The Kier molecular flexibility index (Phi) is 7.39. The number of alkyl halides is 3. The molecular formula is C29H21F5N2O4. The molecule has 0 saturated heterocycles. The van der Waals surface area contributed by atoms with Crippen molar-refractivity contribution in [1.29, 1.82) is 5.26 Å². The number of aromatic nitrogens is 1. The van der Waals surface area contributed by atoms with Gasteiger partial charge in [0.1, 0.15) is 23.3 Å². The summed E-state index contributed by atoms with van der Waals surface area (Å²) in [5, 5.41) is 9.36. The molecule has 4 aromatic rings. The van der Waals surface area contributed by atoms with E-state index in [-0.39, 0.29) is 17.0 Å². The van der Waals surface area contributed by atoms with Crippen molar-refractivity contribution in [3.63, 3.8) is 0 Å². The number of halogens is 5. The third-order valence-corrected chi connectivity index (χ3v) is 6.53. The number of nitrogens with zero attached hydrogens (tertiary/aromatic N) is 2. The second-order valence-electron chi connectivity index (χ2n) is 9.45. The van der Waals surface area contributed by atoms with Gasteiger partial charge < -0.3 is 9.15 Å². The third kappa shape index (κ3) is 5.25. The SMILES string of the molecule is COC(=O)C(C)(C)c1cccc(-c2coc(-c3cc(C(F)(F)F)c(C#N)c(=O)n3Cc3ccc(F)cc3F)c2)c1. The van der Waals surface area contributed by atoms with E-state index in [9.17, 15) is 36.8 Å². The molecule has 0 saturated carbocycles. The third-order valence-electron chi connectivity index (χ3n) is 6.53. The molecule has 0 aliphatic carbocycles. The summed E-state index contributed by atoms with van der Waals surface area (Å²) in [7, 11) is 1.26. The van der Waals surface area contributed by atoms with Gasteiger partial charge in [0, 0.05) is 17.2 Å². The second-order valence-corrected chi connectivity index (χ2v) is 9.45. The Hall–Kier alpha value is -4.72. The molecule has 4 rings (SSSR count). The number of carbonyl (C=O) groups is 1. The first-order valence-corrected chi connectivity index (χ1v) is 11.7. The van der Waals surface area contributed by atoms with Gasteiger partial charge in [-0.05, 0) is 49.2 Å². The lowest BCUT2D eigenvalue weighted by Crippen LogP contribution is -2.30. The van der Waals surface area contributed by atoms with Gasteiger partial charge in [-0.1, -0.05) is 24.3 Å². The second kappa shape index (κ2) is 10.4. The molecule has 0 bridgehead atoms. The van der Waals surface area contributed by atoms with Crippen molar-refractivity contribution in [3.8, 4) is 28.7 Å². The Morgan fingerprint density at radius 1 is 1.05 bits per heavy atom. The normalized spacial score (nSPS) is 11.8. The van der Waals surface area contributed by atoms with Crippen LogP contribution in [0.15, 0.2) is 70.1 Å². The first-order valence-electron chi connectivity index (χ1n) is 11.7. The molecule has 2 aromatic carbocycles. The summed E-state index contributed by atoms with van der Waals surface area (Å²) in [6, 6.07) is 12.6. The van der Waals surface area contributed by atoms with E-state index in [1.165, 1.54) is 25.5 Å². The van der Waals surface area contributed by atoms with Crippen molar-refractivity contribution in [3.05, 3.63) is 105 Å². The molecule has 0 aliphatic rings. The van der Waals surface area contributed by atoms with E-state index < -0.39 is 52.4 Å². The molecule has 0 spiro atoms. The van der Waals surface area contributed by atoms with Gasteiger partial charge in [0.05, 0.1) is 36.6 Å². The number of carbonyl (C=O) groups excluding carboxylic acids is 1. The molecule has 11 heteroatoms. The zero-order valence-corrected chi connectivity index (χ0v) is 21.4. The van der Waals surface area contributed by atoms with E-state index in [1.807, 2.05) is 0 Å². The van der Waals surface area contributed by atoms with Crippen LogP contribution in [0.4, 0.5) is 22.0 Å². The maximum absolute atomic E-state index is 14.4. The van der Waals surface area contributed by atoms with Crippen LogP contribution in [-0.4, -0.2) is 17.6 Å². The lowest BCUT2D eigenvalue weighted by molar-refractivity contribution is -0.146. The van der Waals surface area contributed by atoms with Gasteiger partial charge in [0.15, 0.2) is 5.76 Å². The maximum Gasteiger partial charge on any atom is 0.417 e. The van der Waals surface area contributed by atoms with Crippen molar-refractivity contribution >= 4 is 5.97 Å². The predicted molar refractivity (Wildman–Crippen MR) is 134 cm³/mol. The van der Waals surface area contributed by atoms with Crippen LogP contribution in [0.1, 0.15) is 36.1 Å². The fourth-order valence-electron chi connectivity index (χ4n) is 4.24. The summed E-state index contributed by atoms with van der Waals surface area (Å²) < 4.78 is 80.6. The number of pyridine rings is 1. The largest absolute Gasteiger partial charge is 0.468 e. The van der Waals surface area contributed by atoms with E-state index in [0.717, 1.165) is 16.7 Å². The highest BCUT2D eigenvalue weighted by Gasteiger charge is 2.37. The summed E-state index contributed by atoms with van der Waals surface area (Å²) in [5.74, 6) is -2.57. The predicted octanol–water partition coefficient (Wildman–Crippen LogP) is 6.44. The number of hydrogen-bond acceptors (Lipinski definition) is 5. The van der Waals surface area contributed by atoms with Gasteiger partial charge in [0.25, 0.3) is 5.56 Å². The zero-order valence-electron chi connectivity index (χ0n) is 21.4. The number of ether oxygens (including phenoxy) is 1. The highest BCUT2D eigenvalue weighted by Crippen LogP contribution is 2.36. The highest BCUT2D eigenvalue weighted by atomic mass is 19.4. The average Bonchev–Trinajstić information content (AvgIpc) is 3.40. The van der Waals surface area contributed by atoms with E-state index in [2.05, 4.69) is 0 Å². The maximum atomic E-state index is 14.4. The lowest BCUT2D eigenvalue weighted by atomic mass is 9.83. The first-order chi connectivity index (χ1) is 18.8. The molecule has 0 atom stereocenters. The number of benzene rings is 2. The molecule has 0 amide bonds. The van der Waals surface area contributed by atoms with Crippen LogP contribution >= 0.6 is 0 Å². The van der Waals surface area contributed by atoms with Crippen LogP contribution in [0.5, 0.6) is 0 Å². The van der Waals surface area contributed by atoms with Crippen LogP contribution in [-0.2, 0) is 27.7 Å². The van der Waals surface area contributed by atoms with E-state index >= 15 is 0 Å². The summed E-state index contributed by atoms with van der Waals surface area (Å²) >= 11 is 0. The number of methoxy groups -OCH3 is 1. The molecule has 0 fully saturated rings. The highest BCUT2D eigenvalue weighted by molar-refractivity contribution is 5.83. The summed E-state index contributed by atoms with van der Waals surface area (Å²) in [6.07, 6.45) is -3.80. The number of furan rings is 1. The van der Waals surface area contributed by atoms with Gasteiger partial charge in [-0.2, -0.15) is 18.4 Å². The fraction of sp³-hybridized carbons (Fsp3) is 0.207. The van der Waals surface area contributed by atoms with E-state index in [4.69, 9.17) is 9.15 Å². The minimum atomic E-state index is -5.05. The van der Waals surface area contributed by atoms with Crippen molar-refractivity contribution in [1.82, 2.24) is 4.57 Å². The molecule has 0 radical (unpaired) electrons.